The van der Waals surface area contributed by atoms with Crippen LogP contribution in [0, 0.1) is 0 Å². The Morgan fingerprint density at radius 1 is 1.20 bits per heavy atom. The van der Waals surface area contributed by atoms with Crippen molar-refractivity contribution in [1.29, 1.82) is 0 Å². The molecule has 3 aromatic rings. The van der Waals surface area contributed by atoms with E-state index in [-0.39, 0.29) is 17.4 Å². The molecular formula is C20H21BrN4O3S2. The van der Waals surface area contributed by atoms with E-state index in [2.05, 4.69) is 31.4 Å². The largest absolute Gasteiger partial charge is 0.494 e. The number of thioether (sulfide) groups is 1. The number of halogens is 1. The van der Waals surface area contributed by atoms with Crippen molar-refractivity contribution < 1.29 is 14.3 Å². The molecule has 2 heterocycles. The van der Waals surface area contributed by atoms with Crippen molar-refractivity contribution in [3.05, 3.63) is 50.9 Å². The maximum atomic E-state index is 12.5. The van der Waals surface area contributed by atoms with E-state index >= 15 is 0 Å². The second kappa shape index (κ2) is 10.7. The van der Waals surface area contributed by atoms with Gasteiger partial charge in [-0.25, -0.2) is 0 Å². The van der Waals surface area contributed by atoms with Gasteiger partial charge in [0, 0.05) is 25.6 Å². The van der Waals surface area contributed by atoms with Crippen LogP contribution in [-0.4, -0.2) is 45.4 Å². The van der Waals surface area contributed by atoms with Gasteiger partial charge in [0.15, 0.2) is 10.9 Å². The number of hydrogen-bond acceptors (Lipinski definition) is 7. The molecule has 10 heteroatoms. The van der Waals surface area contributed by atoms with Gasteiger partial charge in [0.05, 0.1) is 21.0 Å². The quantitative estimate of drug-likeness (QED) is 0.327. The molecule has 158 valence electrons. The fraction of sp³-hybridized carbons (Fsp3) is 0.300. The number of nitrogens with zero attached hydrogens (tertiary/aromatic N) is 3. The Balaban J connectivity index is 1.81. The predicted molar refractivity (Wildman–Crippen MR) is 122 cm³/mol. The van der Waals surface area contributed by atoms with E-state index in [1.54, 1.807) is 0 Å². The Morgan fingerprint density at radius 2 is 1.97 bits per heavy atom. The summed E-state index contributed by atoms with van der Waals surface area (Å²) < 4.78 is 8.36. The highest BCUT2D eigenvalue weighted by Gasteiger charge is 2.17. The van der Waals surface area contributed by atoms with Crippen molar-refractivity contribution in [3.63, 3.8) is 0 Å². The standard InChI is InChI=1S/C20H21BrN4O3S2/c1-3-28-15-6-4-14(5-7-15)25-19(10-11-22-13(2)26)23-24-20(25)29-12-16(27)17-8-9-18(21)30-17/h4-9H,3,10-12H2,1-2H3,(H,22,26). The number of carbonyl (C=O) groups excluding carboxylic acids is 2. The number of ether oxygens (including phenoxy) is 1. The first-order valence-electron chi connectivity index (χ1n) is 9.31. The summed E-state index contributed by atoms with van der Waals surface area (Å²) in [5, 5.41) is 12.0. The fourth-order valence-corrected chi connectivity index (χ4v) is 4.96. The van der Waals surface area contributed by atoms with Crippen LogP contribution in [0.3, 0.4) is 0 Å². The number of aromatic nitrogens is 3. The molecule has 7 nitrogen and oxygen atoms in total. The summed E-state index contributed by atoms with van der Waals surface area (Å²) in [4.78, 5) is 24.4. The van der Waals surface area contributed by atoms with Gasteiger partial charge in [-0.3, -0.25) is 14.2 Å². The second-order valence-corrected chi connectivity index (χ2v) is 9.62. The number of rotatable bonds is 10. The molecule has 3 rings (SSSR count). The van der Waals surface area contributed by atoms with Crippen molar-refractivity contribution >= 4 is 50.7 Å². The third kappa shape index (κ3) is 5.93. The molecule has 0 fully saturated rings. The third-order valence-electron chi connectivity index (χ3n) is 4.01. The van der Waals surface area contributed by atoms with Crippen LogP contribution in [0.5, 0.6) is 5.75 Å². The van der Waals surface area contributed by atoms with E-state index < -0.39 is 0 Å². The number of carbonyl (C=O) groups is 2. The second-order valence-electron chi connectivity index (χ2n) is 6.21. The zero-order valence-electron chi connectivity index (χ0n) is 16.6. The minimum atomic E-state index is -0.0931. The minimum Gasteiger partial charge on any atom is -0.494 e. The molecule has 0 aliphatic rings. The molecule has 0 saturated heterocycles. The molecular weight excluding hydrogens is 488 g/mol. The Morgan fingerprint density at radius 3 is 2.60 bits per heavy atom. The fourth-order valence-electron chi connectivity index (χ4n) is 2.69. The molecule has 1 N–H and O–H groups in total. The van der Waals surface area contributed by atoms with Crippen LogP contribution in [-0.2, 0) is 11.2 Å². The van der Waals surface area contributed by atoms with Gasteiger partial charge in [-0.05, 0) is 59.3 Å². The number of ketones is 1. The zero-order chi connectivity index (χ0) is 21.5. The van der Waals surface area contributed by atoms with Crippen molar-refractivity contribution in [2.24, 2.45) is 0 Å². The Bertz CT molecular complexity index is 1020. The Hall–Kier alpha value is -2.17. The van der Waals surface area contributed by atoms with Gasteiger partial charge in [0.2, 0.25) is 5.91 Å². The first-order valence-corrected chi connectivity index (χ1v) is 11.9. The summed E-state index contributed by atoms with van der Waals surface area (Å²) >= 11 is 6.14. The predicted octanol–water partition coefficient (Wildman–Crippen LogP) is 4.14. The Kier molecular flexibility index (Phi) is 8.06. The number of benzene rings is 1. The lowest BCUT2D eigenvalue weighted by atomic mass is 10.3. The van der Waals surface area contributed by atoms with Crippen LogP contribution in [0.15, 0.2) is 45.3 Å². The van der Waals surface area contributed by atoms with Crippen LogP contribution in [0.1, 0.15) is 29.3 Å². The third-order valence-corrected chi connectivity index (χ3v) is 6.60. The number of amides is 1. The average Bonchev–Trinajstić information content (AvgIpc) is 3.33. The first kappa shape index (κ1) is 22.5. The highest BCUT2D eigenvalue weighted by atomic mass is 79.9. The van der Waals surface area contributed by atoms with E-state index in [0.29, 0.717) is 35.4 Å². The van der Waals surface area contributed by atoms with Gasteiger partial charge in [0.1, 0.15) is 11.6 Å². The SMILES string of the molecule is CCOc1ccc(-n2c(CCNC(C)=O)nnc2SCC(=O)c2ccc(Br)s2)cc1. The van der Waals surface area contributed by atoms with Crippen LogP contribution in [0.25, 0.3) is 5.69 Å². The highest BCUT2D eigenvalue weighted by Crippen LogP contribution is 2.27. The molecule has 1 amide bonds. The summed E-state index contributed by atoms with van der Waals surface area (Å²) in [6, 6.07) is 11.3. The van der Waals surface area contributed by atoms with Gasteiger partial charge in [0.25, 0.3) is 0 Å². The van der Waals surface area contributed by atoms with Crippen LogP contribution >= 0.6 is 39.0 Å². The van der Waals surface area contributed by atoms with Crippen molar-refractivity contribution in [3.8, 4) is 11.4 Å². The van der Waals surface area contributed by atoms with Crippen LogP contribution < -0.4 is 10.1 Å². The average molecular weight is 509 g/mol. The van der Waals surface area contributed by atoms with Crippen LogP contribution in [0.2, 0.25) is 0 Å². The number of hydrogen-bond donors (Lipinski definition) is 1. The maximum Gasteiger partial charge on any atom is 0.216 e. The normalized spacial score (nSPS) is 10.8. The van der Waals surface area contributed by atoms with E-state index in [1.807, 2.05) is 47.9 Å². The molecule has 1 aromatic carbocycles. The van der Waals surface area contributed by atoms with E-state index in [9.17, 15) is 9.59 Å². The molecule has 0 atom stereocenters. The molecule has 0 spiro atoms. The molecule has 30 heavy (non-hydrogen) atoms. The monoisotopic (exact) mass is 508 g/mol. The van der Waals surface area contributed by atoms with Gasteiger partial charge in [-0.2, -0.15) is 0 Å². The highest BCUT2D eigenvalue weighted by molar-refractivity contribution is 9.11. The van der Waals surface area contributed by atoms with E-state index in [0.717, 1.165) is 15.2 Å². The maximum absolute atomic E-state index is 12.5. The summed E-state index contributed by atoms with van der Waals surface area (Å²) in [6.07, 6.45) is 0.520. The van der Waals surface area contributed by atoms with Crippen molar-refractivity contribution in [1.82, 2.24) is 20.1 Å². The molecule has 0 aliphatic heterocycles. The first-order chi connectivity index (χ1) is 14.5. The Labute approximate surface area is 191 Å². The smallest absolute Gasteiger partial charge is 0.216 e. The molecule has 0 bridgehead atoms. The van der Waals surface area contributed by atoms with Crippen molar-refractivity contribution in [2.45, 2.75) is 25.4 Å². The molecule has 0 unspecified atom stereocenters. The molecule has 2 aromatic heterocycles. The summed E-state index contributed by atoms with van der Waals surface area (Å²) in [7, 11) is 0. The van der Waals surface area contributed by atoms with Gasteiger partial charge in [-0.1, -0.05) is 11.8 Å². The molecule has 0 saturated carbocycles. The lowest BCUT2D eigenvalue weighted by Gasteiger charge is -2.11. The zero-order valence-corrected chi connectivity index (χ0v) is 19.8. The van der Waals surface area contributed by atoms with Crippen LogP contribution in [0.4, 0.5) is 0 Å². The lowest BCUT2D eigenvalue weighted by Crippen LogP contribution is -2.23. The van der Waals surface area contributed by atoms with Gasteiger partial charge in [-0.15, -0.1) is 21.5 Å². The molecule has 0 radical (unpaired) electrons. The van der Waals surface area contributed by atoms with Crippen molar-refractivity contribution in [2.75, 3.05) is 18.9 Å². The topological polar surface area (TPSA) is 86.1 Å². The number of nitrogens with one attached hydrogen (secondary N) is 1. The summed E-state index contributed by atoms with van der Waals surface area (Å²) in [5.74, 6) is 1.69. The van der Waals surface area contributed by atoms with Gasteiger partial charge < -0.3 is 10.1 Å². The van der Waals surface area contributed by atoms with Gasteiger partial charge >= 0.3 is 0 Å². The summed E-state index contributed by atoms with van der Waals surface area (Å²) in [5.41, 5.74) is 0.870. The number of thiophene rings is 1. The minimum absolute atomic E-state index is 0.0386. The lowest BCUT2D eigenvalue weighted by molar-refractivity contribution is -0.118. The molecule has 0 aliphatic carbocycles. The van der Waals surface area contributed by atoms with E-state index in [4.69, 9.17) is 4.74 Å². The summed E-state index contributed by atoms with van der Waals surface area (Å²) in [6.45, 7) is 4.46. The number of Topliss-reactive ketones (excluding diaryl/α,β-unsaturated/α-hetero) is 1. The van der Waals surface area contributed by atoms with E-state index in [1.165, 1.54) is 30.0 Å².